The van der Waals surface area contributed by atoms with Gasteiger partial charge in [-0.1, -0.05) is 41.9 Å². The summed E-state index contributed by atoms with van der Waals surface area (Å²) in [5, 5.41) is 10.5. The Labute approximate surface area is 200 Å². The highest BCUT2D eigenvalue weighted by molar-refractivity contribution is 6.31. The van der Waals surface area contributed by atoms with Crippen molar-refractivity contribution in [2.75, 3.05) is 24.5 Å². The lowest BCUT2D eigenvalue weighted by atomic mass is 10.1. The number of anilines is 1. The third-order valence-electron chi connectivity index (χ3n) is 6.22. The standard InChI is InChI=1S/C25H21ClN6O2/c1-16-15-30(11-12-31(16)24(33)21-8-5-13-34-21)25-27-20-14-18(26)9-10-19(20)23-29-28-22(32(23)25)17-6-3-2-4-7-17/h2-10,13-14,16H,11-12,15H2,1H3/t16-/m1/s1. The van der Waals surface area contributed by atoms with Gasteiger partial charge in [0.1, 0.15) is 0 Å². The Hall–Kier alpha value is -3.91. The van der Waals surface area contributed by atoms with E-state index in [0.29, 0.717) is 30.4 Å². The minimum absolute atomic E-state index is 0.0464. The number of hydrogen-bond acceptors (Lipinski definition) is 6. The Kier molecular flexibility index (Phi) is 4.95. The predicted octanol–water partition coefficient (Wildman–Crippen LogP) is 4.54. The van der Waals surface area contributed by atoms with Crippen LogP contribution in [0.5, 0.6) is 0 Å². The Morgan fingerprint density at radius 3 is 2.68 bits per heavy atom. The molecule has 1 atom stereocenters. The molecule has 0 spiro atoms. The molecule has 0 saturated carbocycles. The molecule has 1 aliphatic rings. The van der Waals surface area contributed by atoms with Gasteiger partial charge in [-0.15, -0.1) is 10.2 Å². The van der Waals surface area contributed by atoms with E-state index >= 15 is 0 Å². The molecule has 0 N–H and O–H groups in total. The number of nitrogens with zero attached hydrogens (tertiary/aromatic N) is 6. The van der Waals surface area contributed by atoms with Gasteiger partial charge in [-0.2, -0.15) is 0 Å². The highest BCUT2D eigenvalue weighted by Gasteiger charge is 2.31. The van der Waals surface area contributed by atoms with E-state index < -0.39 is 0 Å². The van der Waals surface area contributed by atoms with Crippen molar-refractivity contribution < 1.29 is 9.21 Å². The average Bonchev–Trinajstić information content (AvgIpc) is 3.54. The molecule has 2 aromatic carbocycles. The number of amides is 1. The Morgan fingerprint density at radius 1 is 1.06 bits per heavy atom. The van der Waals surface area contributed by atoms with E-state index in [4.69, 9.17) is 21.0 Å². The average molecular weight is 473 g/mol. The molecule has 0 radical (unpaired) electrons. The van der Waals surface area contributed by atoms with Crippen molar-refractivity contribution in [3.05, 3.63) is 77.7 Å². The first-order valence-electron chi connectivity index (χ1n) is 11.1. The van der Waals surface area contributed by atoms with Crippen LogP contribution in [0.1, 0.15) is 17.5 Å². The first-order valence-corrected chi connectivity index (χ1v) is 11.5. The van der Waals surface area contributed by atoms with Crippen LogP contribution in [0.4, 0.5) is 5.95 Å². The molecule has 0 bridgehead atoms. The topological polar surface area (TPSA) is 79.8 Å². The second-order valence-corrected chi connectivity index (χ2v) is 8.83. The molecule has 5 aromatic rings. The summed E-state index contributed by atoms with van der Waals surface area (Å²) in [5.41, 5.74) is 2.42. The van der Waals surface area contributed by atoms with E-state index in [9.17, 15) is 4.79 Å². The van der Waals surface area contributed by atoms with Crippen molar-refractivity contribution in [1.29, 1.82) is 0 Å². The molecule has 8 nitrogen and oxygen atoms in total. The normalized spacial score (nSPS) is 16.5. The third-order valence-corrected chi connectivity index (χ3v) is 6.45. The van der Waals surface area contributed by atoms with Gasteiger partial charge in [0, 0.05) is 41.6 Å². The number of fused-ring (bicyclic) bond motifs is 3. The van der Waals surface area contributed by atoms with Gasteiger partial charge in [-0.3, -0.25) is 4.79 Å². The zero-order chi connectivity index (χ0) is 23.2. The highest BCUT2D eigenvalue weighted by Crippen LogP contribution is 2.31. The van der Waals surface area contributed by atoms with Crippen LogP contribution in [0.25, 0.3) is 27.9 Å². The second-order valence-electron chi connectivity index (χ2n) is 8.39. The van der Waals surface area contributed by atoms with Gasteiger partial charge >= 0.3 is 0 Å². The lowest BCUT2D eigenvalue weighted by molar-refractivity contribution is 0.0640. The number of halogens is 1. The quantitative estimate of drug-likeness (QED) is 0.383. The maximum Gasteiger partial charge on any atom is 0.289 e. The summed E-state index contributed by atoms with van der Waals surface area (Å²) in [6.07, 6.45) is 1.52. The fourth-order valence-electron chi connectivity index (χ4n) is 4.56. The lowest BCUT2D eigenvalue weighted by Crippen LogP contribution is -2.54. The van der Waals surface area contributed by atoms with E-state index in [2.05, 4.69) is 15.1 Å². The number of aromatic nitrogens is 4. The van der Waals surface area contributed by atoms with Gasteiger partial charge in [-0.25, -0.2) is 9.38 Å². The first-order chi connectivity index (χ1) is 16.6. The molecule has 0 unspecified atom stereocenters. The molecule has 9 heteroatoms. The number of benzene rings is 2. The number of piperazine rings is 1. The van der Waals surface area contributed by atoms with Crippen molar-refractivity contribution in [1.82, 2.24) is 24.5 Å². The maximum atomic E-state index is 12.9. The van der Waals surface area contributed by atoms with Crippen LogP contribution in [0.3, 0.4) is 0 Å². The highest BCUT2D eigenvalue weighted by atomic mass is 35.5. The van der Waals surface area contributed by atoms with Gasteiger partial charge in [-0.05, 0) is 37.3 Å². The summed E-state index contributed by atoms with van der Waals surface area (Å²) in [6, 6.07) is 18.9. The molecule has 1 aliphatic heterocycles. The molecule has 4 heterocycles. The van der Waals surface area contributed by atoms with Crippen molar-refractivity contribution in [2.24, 2.45) is 0 Å². The molecule has 0 aliphatic carbocycles. The molecule has 1 amide bonds. The summed E-state index contributed by atoms with van der Waals surface area (Å²) in [6.45, 7) is 3.79. The van der Waals surface area contributed by atoms with Crippen LogP contribution in [-0.2, 0) is 0 Å². The summed E-state index contributed by atoms with van der Waals surface area (Å²) in [7, 11) is 0. The fourth-order valence-corrected chi connectivity index (χ4v) is 4.73. The fraction of sp³-hybridized carbons (Fsp3) is 0.200. The largest absolute Gasteiger partial charge is 0.459 e. The molecule has 170 valence electrons. The molecule has 1 saturated heterocycles. The number of furan rings is 1. The summed E-state index contributed by atoms with van der Waals surface area (Å²) < 4.78 is 7.33. The Balaban J connectivity index is 1.45. The minimum Gasteiger partial charge on any atom is -0.459 e. The van der Waals surface area contributed by atoms with Crippen molar-refractivity contribution in [2.45, 2.75) is 13.0 Å². The predicted molar refractivity (Wildman–Crippen MR) is 130 cm³/mol. The van der Waals surface area contributed by atoms with Gasteiger partial charge in [0.25, 0.3) is 5.91 Å². The van der Waals surface area contributed by atoms with Gasteiger partial charge in [0.2, 0.25) is 5.95 Å². The van der Waals surface area contributed by atoms with Crippen molar-refractivity contribution in [3.8, 4) is 11.4 Å². The van der Waals surface area contributed by atoms with Crippen molar-refractivity contribution >= 4 is 40.0 Å². The smallest absolute Gasteiger partial charge is 0.289 e. The number of carbonyl (C=O) groups is 1. The van der Waals surface area contributed by atoms with Crippen LogP contribution >= 0.6 is 11.6 Å². The van der Waals surface area contributed by atoms with Gasteiger partial charge in [0.05, 0.1) is 11.8 Å². The lowest BCUT2D eigenvalue weighted by Gasteiger charge is -2.40. The van der Waals surface area contributed by atoms with Crippen LogP contribution in [0.2, 0.25) is 5.02 Å². The summed E-state index contributed by atoms with van der Waals surface area (Å²) in [4.78, 5) is 21.9. The van der Waals surface area contributed by atoms with Gasteiger partial charge in [0.15, 0.2) is 17.2 Å². The van der Waals surface area contributed by atoms with E-state index in [1.165, 1.54) is 6.26 Å². The second kappa shape index (κ2) is 8.14. The first kappa shape index (κ1) is 20.7. The summed E-state index contributed by atoms with van der Waals surface area (Å²) in [5.74, 6) is 1.70. The van der Waals surface area contributed by atoms with E-state index in [-0.39, 0.29) is 11.9 Å². The Morgan fingerprint density at radius 2 is 1.91 bits per heavy atom. The molecule has 1 fully saturated rings. The zero-order valence-corrected chi connectivity index (χ0v) is 19.2. The Bertz CT molecular complexity index is 1500. The monoisotopic (exact) mass is 472 g/mol. The van der Waals surface area contributed by atoms with Crippen LogP contribution in [0.15, 0.2) is 71.3 Å². The molecule has 34 heavy (non-hydrogen) atoms. The van der Waals surface area contributed by atoms with Crippen molar-refractivity contribution in [3.63, 3.8) is 0 Å². The number of hydrogen-bond donors (Lipinski definition) is 0. The third kappa shape index (κ3) is 3.38. The molecule has 6 rings (SSSR count). The zero-order valence-electron chi connectivity index (χ0n) is 18.4. The SMILES string of the molecule is C[C@@H]1CN(c2nc3cc(Cl)ccc3c3nnc(-c4ccccc4)n23)CCN1C(=O)c1ccco1. The van der Waals surface area contributed by atoms with E-state index in [1.807, 2.05) is 64.8 Å². The van der Waals surface area contributed by atoms with Crippen LogP contribution < -0.4 is 4.90 Å². The number of carbonyl (C=O) groups excluding carboxylic acids is 1. The van der Waals surface area contributed by atoms with Gasteiger partial charge < -0.3 is 14.2 Å². The number of rotatable bonds is 3. The molecule has 3 aromatic heterocycles. The van der Waals surface area contributed by atoms with Crippen LogP contribution in [0, 0.1) is 0 Å². The van der Waals surface area contributed by atoms with Crippen LogP contribution in [-0.4, -0.2) is 56.1 Å². The minimum atomic E-state index is -0.102. The molecular weight excluding hydrogens is 452 g/mol. The van der Waals surface area contributed by atoms with E-state index in [1.54, 1.807) is 12.1 Å². The molecular formula is C25H21ClN6O2. The maximum absolute atomic E-state index is 12.9. The summed E-state index contributed by atoms with van der Waals surface area (Å²) >= 11 is 6.29. The van der Waals surface area contributed by atoms with E-state index in [0.717, 1.165) is 33.9 Å².